The lowest BCUT2D eigenvalue weighted by Crippen LogP contribution is -3.00. The first-order valence-electron chi connectivity index (χ1n) is 13.9. The minimum Gasteiger partial charge on any atom is -1.00 e. The van der Waals surface area contributed by atoms with Gasteiger partial charge in [-0.3, -0.25) is 0 Å². The lowest BCUT2D eigenvalue weighted by Gasteiger charge is -2.42. The molecule has 0 bridgehead atoms. The summed E-state index contributed by atoms with van der Waals surface area (Å²) in [6.45, 7) is 13.1. The van der Waals surface area contributed by atoms with E-state index in [4.69, 9.17) is 0 Å². The standard InChI is InChI=1S/C31H55N.2BrH.H3N/c1-6-7-8-9-10-11-12-13-14-15-16-17-20-28-21-23-29(24-22-28)27-31(4,5)30(2,3)25-18-19-26-32;;;/h17,20-24H,6-16,18-19,25-27,32H2,1-5H3;2*1H;1H3/b20-17+;;;. The third-order valence-corrected chi connectivity index (χ3v) is 7.79. The molecule has 0 radical (unpaired) electrons. The molecular weight excluding hydrogens is 560 g/mol. The molecule has 0 saturated carbocycles. The van der Waals surface area contributed by atoms with Crippen molar-refractivity contribution in [1.29, 1.82) is 0 Å². The summed E-state index contributed by atoms with van der Waals surface area (Å²) >= 11 is 0. The molecular formula is C31H60Br2N2. The molecule has 0 saturated heterocycles. The molecule has 0 aliphatic carbocycles. The molecule has 0 amide bonds. The summed E-state index contributed by atoms with van der Waals surface area (Å²) in [5.74, 6) is 0. The lowest BCUT2D eigenvalue weighted by molar-refractivity contribution is -0.368. The zero-order valence-corrected chi connectivity index (χ0v) is 27.4. The highest BCUT2D eigenvalue weighted by atomic mass is 79.9. The Morgan fingerprint density at radius 1 is 0.686 bits per heavy atom. The molecule has 0 atom stereocenters. The van der Waals surface area contributed by atoms with Gasteiger partial charge in [0.25, 0.3) is 0 Å². The molecule has 0 heterocycles. The van der Waals surface area contributed by atoms with Crippen molar-refractivity contribution < 1.29 is 39.7 Å². The van der Waals surface area contributed by atoms with E-state index in [1.54, 1.807) is 0 Å². The normalized spacial score (nSPS) is 11.6. The van der Waals surface area contributed by atoms with Crippen molar-refractivity contribution in [3.05, 3.63) is 41.5 Å². The van der Waals surface area contributed by atoms with Gasteiger partial charge in [-0.25, -0.2) is 0 Å². The molecule has 208 valence electrons. The van der Waals surface area contributed by atoms with Gasteiger partial charge in [-0.05, 0) is 60.5 Å². The maximum Gasteiger partial charge on any atom is 0.0739 e. The Labute approximate surface area is 240 Å². The number of hydrogen-bond acceptors (Lipinski definition) is 0. The third-order valence-electron chi connectivity index (χ3n) is 7.79. The predicted molar refractivity (Wildman–Crippen MR) is 151 cm³/mol. The maximum atomic E-state index is 3.99. The molecule has 1 aromatic rings. The van der Waals surface area contributed by atoms with Crippen molar-refractivity contribution in [1.82, 2.24) is 6.15 Å². The van der Waals surface area contributed by atoms with Crippen LogP contribution in [0.5, 0.6) is 0 Å². The number of rotatable bonds is 19. The largest absolute Gasteiger partial charge is 1.00 e. The molecule has 0 spiro atoms. The second-order valence-electron chi connectivity index (χ2n) is 11.4. The van der Waals surface area contributed by atoms with E-state index in [9.17, 15) is 0 Å². The van der Waals surface area contributed by atoms with Crippen LogP contribution in [0.3, 0.4) is 0 Å². The van der Waals surface area contributed by atoms with Crippen LogP contribution < -0.4 is 45.8 Å². The Bertz CT molecular complexity index is 609. The van der Waals surface area contributed by atoms with E-state index < -0.39 is 0 Å². The van der Waals surface area contributed by atoms with Gasteiger partial charge >= 0.3 is 0 Å². The number of benzene rings is 1. The highest BCUT2D eigenvalue weighted by molar-refractivity contribution is 5.49. The van der Waals surface area contributed by atoms with Gasteiger partial charge in [0.15, 0.2) is 0 Å². The van der Waals surface area contributed by atoms with E-state index in [1.807, 2.05) is 0 Å². The van der Waals surface area contributed by atoms with Crippen LogP contribution in [0.2, 0.25) is 0 Å². The molecule has 0 fully saturated rings. The Morgan fingerprint density at radius 3 is 1.71 bits per heavy atom. The average molecular weight is 621 g/mol. The number of allylic oxidation sites excluding steroid dienone is 1. The van der Waals surface area contributed by atoms with Crippen molar-refractivity contribution >= 4 is 6.08 Å². The van der Waals surface area contributed by atoms with Crippen molar-refractivity contribution in [2.75, 3.05) is 6.54 Å². The second kappa shape index (κ2) is 23.0. The van der Waals surface area contributed by atoms with E-state index in [0.717, 1.165) is 13.0 Å². The van der Waals surface area contributed by atoms with E-state index >= 15 is 0 Å². The van der Waals surface area contributed by atoms with Crippen LogP contribution in [0.15, 0.2) is 30.3 Å². The van der Waals surface area contributed by atoms with Gasteiger partial charge in [0, 0.05) is 0 Å². The van der Waals surface area contributed by atoms with Crippen molar-refractivity contribution in [2.24, 2.45) is 10.8 Å². The summed E-state index contributed by atoms with van der Waals surface area (Å²) in [5, 5.41) is 0. The zero-order chi connectivity index (χ0) is 23.7. The van der Waals surface area contributed by atoms with Gasteiger partial charge in [-0.2, -0.15) is 0 Å². The minimum absolute atomic E-state index is 0. The molecule has 0 aromatic heterocycles. The molecule has 2 nitrogen and oxygen atoms in total. The van der Waals surface area contributed by atoms with Gasteiger partial charge in [-0.15, -0.1) is 0 Å². The van der Waals surface area contributed by atoms with Gasteiger partial charge in [0.05, 0.1) is 6.54 Å². The molecule has 4 heteroatoms. The van der Waals surface area contributed by atoms with Crippen LogP contribution in [0.25, 0.3) is 6.08 Å². The molecule has 1 aromatic carbocycles. The molecule has 1 rings (SSSR count). The summed E-state index contributed by atoms with van der Waals surface area (Å²) in [7, 11) is 0. The number of unbranched alkanes of at least 4 members (excludes halogenated alkanes) is 11. The van der Waals surface area contributed by atoms with E-state index in [0.29, 0.717) is 10.8 Å². The predicted octanol–water partition coefficient (Wildman–Crippen LogP) is 3.40. The lowest BCUT2D eigenvalue weighted by atomic mass is 9.63. The first-order valence-corrected chi connectivity index (χ1v) is 13.9. The van der Waals surface area contributed by atoms with Crippen LogP contribution in [0.4, 0.5) is 0 Å². The van der Waals surface area contributed by atoms with Crippen LogP contribution in [0, 0.1) is 10.8 Å². The fourth-order valence-corrected chi connectivity index (χ4v) is 4.55. The summed E-state index contributed by atoms with van der Waals surface area (Å²) in [5.41, 5.74) is 7.44. The Morgan fingerprint density at radius 2 is 1.20 bits per heavy atom. The number of hydrogen-bond donors (Lipinski definition) is 2. The monoisotopic (exact) mass is 618 g/mol. The fraction of sp³-hybridized carbons (Fsp3) is 0.742. The third kappa shape index (κ3) is 17.8. The SMILES string of the molecule is CCCCCCCCCCCC/C=C/c1ccc(CC(C)(C)C(C)(C)CCCC[NH3+])cc1.[Br-].[Br-].[NH4+]. The van der Waals surface area contributed by atoms with Crippen LogP contribution in [-0.4, -0.2) is 6.54 Å². The number of quaternary nitrogens is 2. The van der Waals surface area contributed by atoms with Crippen molar-refractivity contribution in [2.45, 2.75) is 131 Å². The zero-order valence-electron chi connectivity index (χ0n) is 24.2. The summed E-state index contributed by atoms with van der Waals surface area (Å²) < 4.78 is 0. The smallest absolute Gasteiger partial charge is 0.0739 e. The second-order valence-corrected chi connectivity index (χ2v) is 11.4. The van der Waals surface area contributed by atoms with Gasteiger partial charge in [-0.1, -0.05) is 129 Å². The number of halogens is 2. The van der Waals surface area contributed by atoms with Crippen LogP contribution >= 0.6 is 0 Å². The van der Waals surface area contributed by atoms with E-state index in [-0.39, 0.29) is 40.1 Å². The summed E-state index contributed by atoms with van der Waals surface area (Å²) in [6.07, 6.45) is 25.0. The molecule has 0 unspecified atom stereocenters. The molecule has 0 aliphatic rings. The Kier molecular flexibility index (Phi) is 25.9. The molecule has 35 heavy (non-hydrogen) atoms. The van der Waals surface area contributed by atoms with E-state index in [2.05, 4.69) is 76.8 Å². The maximum absolute atomic E-state index is 3.99. The fourth-order valence-electron chi connectivity index (χ4n) is 4.55. The topological polar surface area (TPSA) is 64.1 Å². The summed E-state index contributed by atoms with van der Waals surface area (Å²) in [4.78, 5) is 0. The summed E-state index contributed by atoms with van der Waals surface area (Å²) in [6, 6.07) is 9.29. The van der Waals surface area contributed by atoms with Gasteiger partial charge < -0.3 is 45.8 Å². The van der Waals surface area contributed by atoms with E-state index in [1.165, 1.54) is 101 Å². The highest BCUT2D eigenvalue weighted by Crippen LogP contribution is 2.44. The first kappa shape index (κ1) is 39.4. The highest BCUT2D eigenvalue weighted by Gasteiger charge is 2.36. The van der Waals surface area contributed by atoms with Crippen LogP contribution in [0.1, 0.15) is 136 Å². The van der Waals surface area contributed by atoms with Gasteiger partial charge in [0.2, 0.25) is 0 Å². The Hall–Kier alpha value is -0.160. The quantitative estimate of drug-likeness (QED) is 0.223. The molecule has 0 aliphatic heterocycles. The van der Waals surface area contributed by atoms with Crippen molar-refractivity contribution in [3.63, 3.8) is 0 Å². The van der Waals surface area contributed by atoms with Gasteiger partial charge in [0.1, 0.15) is 0 Å². The first-order chi connectivity index (χ1) is 15.3. The Balaban J connectivity index is -0.00000341. The molecule has 7 N–H and O–H groups in total. The van der Waals surface area contributed by atoms with Crippen molar-refractivity contribution in [3.8, 4) is 0 Å². The van der Waals surface area contributed by atoms with Crippen LogP contribution in [-0.2, 0) is 6.42 Å². The minimum atomic E-state index is 0. The average Bonchev–Trinajstić information content (AvgIpc) is 2.75.